The summed E-state index contributed by atoms with van der Waals surface area (Å²) >= 11 is 5.32. The summed E-state index contributed by atoms with van der Waals surface area (Å²) in [6.07, 6.45) is 2.62. The maximum atomic E-state index is 11.5. The lowest BCUT2D eigenvalue weighted by Gasteiger charge is -2.17. The normalized spacial score (nSPS) is 14.4. The van der Waals surface area contributed by atoms with Gasteiger partial charge in [0.15, 0.2) is 5.11 Å². The Morgan fingerprint density at radius 3 is 2.67 bits per heavy atom. The summed E-state index contributed by atoms with van der Waals surface area (Å²) in [6.45, 7) is 6.64. The van der Waals surface area contributed by atoms with Crippen molar-refractivity contribution in [3.63, 3.8) is 0 Å². The maximum Gasteiger partial charge on any atom is 0.222 e. The van der Waals surface area contributed by atoms with Crippen LogP contribution in [0.4, 0.5) is 5.69 Å². The first-order valence-electron chi connectivity index (χ1n) is 7.47. The first-order chi connectivity index (χ1) is 10.1. The molecule has 1 heterocycles. The van der Waals surface area contributed by atoms with Crippen LogP contribution >= 0.6 is 12.2 Å². The molecule has 1 saturated heterocycles. The molecule has 0 bridgehead atoms. The Balaban J connectivity index is 1.71. The van der Waals surface area contributed by atoms with Crippen LogP contribution in [0.3, 0.4) is 0 Å². The van der Waals surface area contributed by atoms with Gasteiger partial charge in [-0.3, -0.25) is 4.79 Å². The lowest BCUT2D eigenvalue weighted by Crippen LogP contribution is -2.33. The summed E-state index contributed by atoms with van der Waals surface area (Å²) < 4.78 is 0. The lowest BCUT2D eigenvalue weighted by atomic mass is 10.1. The quantitative estimate of drug-likeness (QED) is 0.648. The van der Waals surface area contributed by atoms with E-state index in [1.54, 1.807) is 0 Å². The van der Waals surface area contributed by atoms with Gasteiger partial charge in [0.25, 0.3) is 0 Å². The van der Waals surface area contributed by atoms with Gasteiger partial charge in [-0.1, -0.05) is 18.2 Å². The standard InChI is InChI=1S/C16H23N3OS/c1-12-6-3-7-13(2)15(12)18-16(21)17-9-5-11-19-10-4-8-14(19)20/h3,6-7H,4-5,8-11H2,1-2H3,(H2,17,18,21). The highest BCUT2D eigenvalue weighted by Gasteiger charge is 2.18. The fourth-order valence-electron chi connectivity index (χ4n) is 2.58. The average molecular weight is 305 g/mol. The second-order valence-corrected chi connectivity index (χ2v) is 5.89. The molecule has 2 rings (SSSR count). The van der Waals surface area contributed by atoms with Crippen molar-refractivity contribution in [2.24, 2.45) is 0 Å². The number of carbonyl (C=O) groups excluding carboxylic acids is 1. The molecular weight excluding hydrogens is 282 g/mol. The van der Waals surface area contributed by atoms with Crippen molar-refractivity contribution in [3.05, 3.63) is 29.3 Å². The summed E-state index contributed by atoms with van der Waals surface area (Å²) in [4.78, 5) is 13.4. The van der Waals surface area contributed by atoms with E-state index in [2.05, 4.69) is 36.6 Å². The first kappa shape index (κ1) is 15.8. The van der Waals surface area contributed by atoms with Gasteiger partial charge < -0.3 is 15.5 Å². The minimum absolute atomic E-state index is 0.284. The summed E-state index contributed by atoms with van der Waals surface area (Å²) in [5.74, 6) is 0.284. The molecule has 0 spiro atoms. The van der Waals surface area contributed by atoms with Gasteiger partial charge in [-0.25, -0.2) is 0 Å². The number of rotatable bonds is 5. The highest BCUT2D eigenvalue weighted by atomic mass is 32.1. The topological polar surface area (TPSA) is 44.4 Å². The molecule has 0 atom stereocenters. The number of hydrogen-bond donors (Lipinski definition) is 2. The third kappa shape index (κ3) is 4.43. The van der Waals surface area contributed by atoms with E-state index in [0.717, 1.165) is 38.2 Å². The summed E-state index contributed by atoms with van der Waals surface area (Å²) in [5, 5.41) is 7.10. The van der Waals surface area contributed by atoms with Crippen LogP contribution < -0.4 is 10.6 Å². The Labute approximate surface area is 131 Å². The third-order valence-electron chi connectivity index (χ3n) is 3.78. The number of likely N-dealkylation sites (tertiary alicyclic amines) is 1. The number of thiocarbonyl (C=S) groups is 1. The Bertz CT molecular complexity index is 510. The van der Waals surface area contributed by atoms with E-state index in [9.17, 15) is 4.79 Å². The molecular formula is C16H23N3OS. The van der Waals surface area contributed by atoms with E-state index in [0.29, 0.717) is 11.5 Å². The minimum Gasteiger partial charge on any atom is -0.362 e. The van der Waals surface area contributed by atoms with Crippen molar-refractivity contribution < 1.29 is 4.79 Å². The zero-order valence-corrected chi connectivity index (χ0v) is 13.6. The van der Waals surface area contributed by atoms with Crippen LogP contribution in [0.25, 0.3) is 0 Å². The highest BCUT2D eigenvalue weighted by molar-refractivity contribution is 7.80. The SMILES string of the molecule is Cc1cccc(C)c1NC(=S)NCCCN1CCCC1=O. The molecule has 2 N–H and O–H groups in total. The molecule has 0 unspecified atom stereocenters. The average Bonchev–Trinajstić information content (AvgIpc) is 2.85. The molecule has 0 saturated carbocycles. The van der Waals surface area contributed by atoms with Crippen molar-refractivity contribution in [2.75, 3.05) is 25.0 Å². The number of nitrogens with one attached hydrogen (secondary N) is 2. The Kier molecular flexibility index (Phi) is 5.56. The molecule has 4 nitrogen and oxygen atoms in total. The smallest absolute Gasteiger partial charge is 0.222 e. The van der Waals surface area contributed by atoms with E-state index < -0.39 is 0 Å². The molecule has 1 aromatic carbocycles. The van der Waals surface area contributed by atoms with Crippen LogP contribution in [0.2, 0.25) is 0 Å². The van der Waals surface area contributed by atoms with Crippen molar-refractivity contribution in [1.82, 2.24) is 10.2 Å². The zero-order valence-electron chi connectivity index (χ0n) is 12.7. The van der Waals surface area contributed by atoms with Gasteiger partial charge in [-0.2, -0.15) is 0 Å². The predicted octanol–water partition coefficient (Wildman–Crippen LogP) is 2.60. The van der Waals surface area contributed by atoms with Gasteiger partial charge in [0.05, 0.1) is 0 Å². The second kappa shape index (κ2) is 7.41. The number of hydrogen-bond acceptors (Lipinski definition) is 2. The molecule has 1 aliphatic rings. The van der Waals surface area contributed by atoms with Crippen molar-refractivity contribution in [1.29, 1.82) is 0 Å². The first-order valence-corrected chi connectivity index (χ1v) is 7.87. The number of nitrogens with zero attached hydrogens (tertiary/aromatic N) is 1. The number of amides is 1. The van der Waals surface area contributed by atoms with Crippen molar-refractivity contribution in [3.8, 4) is 0 Å². The van der Waals surface area contributed by atoms with E-state index in [-0.39, 0.29) is 5.91 Å². The van der Waals surface area contributed by atoms with Crippen molar-refractivity contribution in [2.45, 2.75) is 33.1 Å². The predicted molar refractivity (Wildman–Crippen MR) is 90.6 cm³/mol. The van der Waals surface area contributed by atoms with E-state index in [1.807, 2.05) is 11.0 Å². The molecule has 1 aliphatic heterocycles. The fraction of sp³-hybridized carbons (Fsp3) is 0.500. The van der Waals surface area contributed by atoms with Crippen LogP contribution in [-0.2, 0) is 4.79 Å². The number of anilines is 1. The van der Waals surface area contributed by atoms with Crippen LogP contribution in [0.15, 0.2) is 18.2 Å². The van der Waals surface area contributed by atoms with E-state index in [1.165, 1.54) is 11.1 Å². The van der Waals surface area contributed by atoms with Gasteiger partial charge in [0.2, 0.25) is 5.91 Å². The Morgan fingerprint density at radius 1 is 1.33 bits per heavy atom. The highest BCUT2D eigenvalue weighted by Crippen LogP contribution is 2.19. The van der Waals surface area contributed by atoms with Crippen LogP contribution in [0.1, 0.15) is 30.4 Å². The number of aryl methyl sites for hydroxylation is 2. The maximum absolute atomic E-state index is 11.5. The van der Waals surface area contributed by atoms with Crippen LogP contribution in [0, 0.1) is 13.8 Å². The van der Waals surface area contributed by atoms with Gasteiger partial charge in [-0.15, -0.1) is 0 Å². The fourth-order valence-corrected chi connectivity index (χ4v) is 2.79. The van der Waals surface area contributed by atoms with Gasteiger partial charge in [-0.05, 0) is 50.0 Å². The molecule has 0 aromatic heterocycles. The zero-order chi connectivity index (χ0) is 15.2. The molecule has 0 aliphatic carbocycles. The van der Waals surface area contributed by atoms with Gasteiger partial charge in [0.1, 0.15) is 0 Å². The van der Waals surface area contributed by atoms with Gasteiger partial charge >= 0.3 is 0 Å². The number of benzene rings is 1. The van der Waals surface area contributed by atoms with Gasteiger partial charge in [0, 0.05) is 31.7 Å². The summed E-state index contributed by atoms with van der Waals surface area (Å²) in [6, 6.07) is 6.17. The number of carbonyl (C=O) groups is 1. The lowest BCUT2D eigenvalue weighted by molar-refractivity contribution is -0.127. The van der Waals surface area contributed by atoms with Crippen LogP contribution in [0.5, 0.6) is 0 Å². The van der Waals surface area contributed by atoms with E-state index in [4.69, 9.17) is 12.2 Å². The Morgan fingerprint density at radius 2 is 2.05 bits per heavy atom. The molecule has 5 heteroatoms. The van der Waals surface area contributed by atoms with E-state index >= 15 is 0 Å². The molecule has 1 fully saturated rings. The molecule has 21 heavy (non-hydrogen) atoms. The molecule has 114 valence electrons. The number of para-hydroxylation sites is 1. The summed E-state index contributed by atoms with van der Waals surface area (Å²) in [7, 11) is 0. The Hall–Kier alpha value is -1.62. The molecule has 1 amide bonds. The summed E-state index contributed by atoms with van der Waals surface area (Å²) in [5.41, 5.74) is 3.44. The largest absolute Gasteiger partial charge is 0.362 e. The molecule has 1 aromatic rings. The monoisotopic (exact) mass is 305 g/mol. The van der Waals surface area contributed by atoms with Crippen molar-refractivity contribution >= 4 is 28.9 Å². The second-order valence-electron chi connectivity index (χ2n) is 5.49. The minimum atomic E-state index is 0.284. The molecule has 0 radical (unpaired) electrons. The third-order valence-corrected chi connectivity index (χ3v) is 4.03. The van der Waals surface area contributed by atoms with Crippen LogP contribution in [-0.4, -0.2) is 35.6 Å².